The van der Waals surface area contributed by atoms with Crippen LogP contribution in [0.4, 0.5) is 4.39 Å². The summed E-state index contributed by atoms with van der Waals surface area (Å²) in [5, 5.41) is 3.21. The van der Waals surface area contributed by atoms with E-state index in [0.29, 0.717) is 0 Å². The van der Waals surface area contributed by atoms with E-state index in [9.17, 15) is 4.39 Å². The first kappa shape index (κ1) is 12.2. The van der Waals surface area contributed by atoms with E-state index >= 15 is 0 Å². The Morgan fingerprint density at radius 2 is 2.27 bits per heavy atom. The summed E-state index contributed by atoms with van der Waals surface area (Å²) in [6, 6.07) is 4.90. The molecule has 0 bridgehead atoms. The molecule has 0 heterocycles. The summed E-state index contributed by atoms with van der Waals surface area (Å²) in [4.78, 5) is 0. The molecule has 1 N–H and O–H groups in total. The zero-order valence-corrected chi connectivity index (χ0v) is 9.52. The third kappa shape index (κ3) is 4.45. The summed E-state index contributed by atoms with van der Waals surface area (Å²) < 4.78 is 12.8. The van der Waals surface area contributed by atoms with Crippen LogP contribution in [0.5, 0.6) is 0 Å². The molecule has 15 heavy (non-hydrogen) atoms. The van der Waals surface area contributed by atoms with Gasteiger partial charge in [-0.05, 0) is 43.1 Å². The van der Waals surface area contributed by atoms with Gasteiger partial charge in [-0.2, -0.15) is 0 Å². The predicted molar refractivity (Wildman–Crippen MR) is 62.7 cm³/mol. The number of aryl methyl sites for hydroxylation is 1. The highest BCUT2D eigenvalue weighted by Gasteiger charge is 1.98. The van der Waals surface area contributed by atoms with Gasteiger partial charge in [0, 0.05) is 12.1 Å². The lowest BCUT2D eigenvalue weighted by Gasteiger charge is -2.06. The molecule has 0 amide bonds. The van der Waals surface area contributed by atoms with Crippen molar-refractivity contribution in [2.75, 3.05) is 13.1 Å². The Morgan fingerprint density at radius 3 is 2.93 bits per heavy atom. The van der Waals surface area contributed by atoms with Crippen LogP contribution >= 0.6 is 11.6 Å². The van der Waals surface area contributed by atoms with Crippen LogP contribution in [-0.4, -0.2) is 13.1 Å². The van der Waals surface area contributed by atoms with Gasteiger partial charge in [-0.3, -0.25) is 0 Å². The van der Waals surface area contributed by atoms with Crippen molar-refractivity contribution < 1.29 is 4.39 Å². The van der Waals surface area contributed by atoms with Gasteiger partial charge in [-0.1, -0.05) is 23.7 Å². The van der Waals surface area contributed by atoms with Crippen molar-refractivity contribution in [3.63, 3.8) is 0 Å². The van der Waals surface area contributed by atoms with E-state index in [1.54, 1.807) is 6.07 Å². The minimum atomic E-state index is -0.172. The molecule has 0 unspecified atom stereocenters. The molecule has 82 valence electrons. The van der Waals surface area contributed by atoms with Gasteiger partial charge in [0.05, 0.1) is 0 Å². The molecule has 0 aromatic heterocycles. The number of hydrogen-bond donors (Lipinski definition) is 1. The van der Waals surface area contributed by atoms with E-state index in [4.69, 9.17) is 11.6 Å². The van der Waals surface area contributed by atoms with Crippen molar-refractivity contribution in [1.29, 1.82) is 0 Å². The molecule has 1 rings (SSSR count). The second kappa shape index (κ2) is 6.59. The summed E-state index contributed by atoms with van der Waals surface area (Å²) in [7, 11) is 0. The highest BCUT2D eigenvalue weighted by atomic mass is 35.5. The third-order valence-corrected chi connectivity index (χ3v) is 2.41. The topological polar surface area (TPSA) is 12.0 Å². The molecule has 0 saturated carbocycles. The van der Waals surface area contributed by atoms with Crippen LogP contribution in [0.1, 0.15) is 11.1 Å². The zero-order valence-electron chi connectivity index (χ0n) is 8.76. The summed E-state index contributed by atoms with van der Waals surface area (Å²) in [6.45, 7) is 3.56. The van der Waals surface area contributed by atoms with Gasteiger partial charge >= 0.3 is 0 Å². The predicted octanol–water partition coefficient (Wildman–Crippen LogP) is 3.02. The highest BCUT2D eigenvalue weighted by Crippen LogP contribution is 2.10. The maximum Gasteiger partial charge on any atom is 0.123 e. The third-order valence-electron chi connectivity index (χ3n) is 2.23. The number of benzene rings is 1. The van der Waals surface area contributed by atoms with Crippen molar-refractivity contribution >= 4 is 11.6 Å². The van der Waals surface area contributed by atoms with Crippen molar-refractivity contribution in [2.45, 2.75) is 13.3 Å². The molecule has 0 aliphatic rings. The van der Waals surface area contributed by atoms with Gasteiger partial charge in [-0.25, -0.2) is 4.39 Å². The smallest absolute Gasteiger partial charge is 0.123 e. The fourth-order valence-electron chi connectivity index (χ4n) is 1.39. The van der Waals surface area contributed by atoms with Gasteiger partial charge in [-0.15, -0.1) is 0 Å². The van der Waals surface area contributed by atoms with Gasteiger partial charge in [0.25, 0.3) is 0 Å². The van der Waals surface area contributed by atoms with E-state index in [-0.39, 0.29) is 5.82 Å². The zero-order chi connectivity index (χ0) is 11.1. The van der Waals surface area contributed by atoms with Crippen molar-refractivity contribution in [2.24, 2.45) is 0 Å². The lowest BCUT2D eigenvalue weighted by molar-refractivity contribution is 0.625. The Kier molecular flexibility index (Phi) is 5.37. The fourth-order valence-corrected chi connectivity index (χ4v) is 1.48. The quantitative estimate of drug-likeness (QED) is 0.763. The lowest BCUT2D eigenvalue weighted by atomic mass is 10.1. The number of rotatable bonds is 5. The molecular formula is C12H15ClFN. The second-order valence-electron chi connectivity index (χ2n) is 3.39. The molecule has 0 saturated heterocycles. The first-order valence-electron chi connectivity index (χ1n) is 4.95. The Balaban J connectivity index is 2.37. The van der Waals surface area contributed by atoms with Crippen LogP contribution in [0.2, 0.25) is 0 Å². The van der Waals surface area contributed by atoms with Crippen molar-refractivity contribution in [3.8, 4) is 0 Å². The lowest BCUT2D eigenvalue weighted by Crippen LogP contribution is -2.17. The Hall–Kier alpha value is -0.860. The maximum absolute atomic E-state index is 12.8. The van der Waals surface area contributed by atoms with Crippen LogP contribution < -0.4 is 5.32 Å². The molecule has 0 spiro atoms. The average Bonchev–Trinajstić information content (AvgIpc) is 2.20. The summed E-state index contributed by atoms with van der Waals surface area (Å²) >= 11 is 5.38. The Bertz CT molecular complexity index is 336. The van der Waals surface area contributed by atoms with E-state index in [2.05, 4.69) is 5.32 Å². The highest BCUT2D eigenvalue weighted by molar-refractivity contribution is 6.25. The molecule has 0 radical (unpaired) electrons. The van der Waals surface area contributed by atoms with Crippen molar-refractivity contribution in [3.05, 3.63) is 46.8 Å². The van der Waals surface area contributed by atoms with Gasteiger partial charge in [0.15, 0.2) is 0 Å². The molecule has 0 fully saturated rings. The summed E-state index contributed by atoms with van der Waals surface area (Å²) in [5.41, 5.74) is 3.68. The largest absolute Gasteiger partial charge is 0.313 e. The van der Waals surface area contributed by atoms with Crippen molar-refractivity contribution in [1.82, 2.24) is 5.32 Å². The molecule has 3 heteroatoms. The average molecular weight is 228 g/mol. The molecule has 1 aromatic rings. The Morgan fingerprint density at radius 1 is 1.47 bits per heavy atom. The van der Waals surface area contributed by atoms with Crippen LogP contribution in [0.25, 0.3) is 0 Å². The molecular weight excluding hydrogens is 213 g/mol. The van der Waals surface area contributed by atoms with E-state index < -0.39 is 0 Å². The molecule has 0 aliphatic heterocycles. The number of halogens is 2. The van der Waals surface area contributed by atoms with Gasteiger partial charge in [0.2, 0.25) is 0 Å². The monoisotopic (exact) mass is 227 g/mol. The van der Waals surface area contributed by atoms with Crippen LogP contribution in [0.3, 0.4) is 0 Å². The standard InChI is InChI=1S/C12H15ClFN/c1-10-9-12(14)4-3-11(10)5-8-15-7-2-6-13/h2-4,6,9,15H,5,7-8H2,1H3/b6-2+. The minimum Gasteiger partial charge on any atom is -0.313 e. The maximum atomic E-state index is 12.8. The van der Waals surface area contributed by atoms with E-state index in [1.807, 2.05) is 19.1 Å². The minimum absolute atomic E-state index is 0.172. The van der Waals surface area contributed by atoms with E-state index in [0.717, 1.165) is 25.1 Å². The van der Waals surface area contributed by atoms with E-state index in [1.165, 1.54) is 17.2 Å². The number of nitrogens with one attached hydrogen (secondary N) is 1. The SMILES string of the molecule is Cc1cc(F)ccc1CCNC/C=C/Cl. The first-order valence-corrected chi connectivity index (χ1v) is 5.38. The van der Waals surface area contributed by atoms with Crippen LogP contribution in [0, 0.1) is 12.7 Å². The Labute approximate surface area is 95.0 Å². The second-order valence-corrected chi connectivity index (χ2v) is 3.64. The first-order chi connectivity index (χ1) is 7.24. The van der Waals surface area contributed by atoms with Gasteiger partial charge in [0.1, 0.15) is 5.82 Å². The van der Waals surface area contributed by atoms with Crippen LogP contribution in [0.15, 0.2) is 29.8 Å². The molecule has 1 aromatic carbocycles. The fraction of sp³-hybridized carbons (Fsp3) is 0.333. The summed E-state index contributed by atoms with van der Waals surface area (Å²) in [6.07, 6.45) is 2.75. The van der Waals surface area contributed by atoms with Crippen LogP contribution in [-0.2, 0) is 6.42 Å². The normalized spacial score (nSPS) is 11.1. The number of hydrogen-bond acceptors (Lipinski definition) is 1. The molecule has 0 atom stereocenters. The molecule has 1 nitrogen and oxygen atoms in total. The molecule has 0 aliphatic carbocycles. The van der Waals surface area contributed by atoms with Gasteiger partial charge < -0.3 is 5.32 Å². The summed E-state index contributed by atoms with van der Waals surface area (Å²) in [5.74, 6) is -0.172.